The minimum atomic E-state index is -2.07. The van der Waals surface area contributed by atoms with Crippen LogP contribution in [0.2, 0.25) is 0 Å². The Hall–Kier alpha value is -5.16. The summed E-state index contributed by atoms with van der Waals surface area (Å²) in [6.07, 6.45) is 7.26. The number of ether oxygens (including phenoxy) is 4. The van der Waals surface area contributed by atoms with Gasteiger partial charge >= 0.3 is 11.8 Å². The van der Waals surface area contributed by atoms with Crippen LogP contribution in [0.4, 0.5) is 5.69 Å². The molecule has 0 aliphatic carbocycles. The van der Waals surface area contributed by atoms with Crippen molar-refractivity contribution in [2.24, 2.45) is 28.8 Å². The van der Waals surface area contributed by atoms with Gasteiger partial charge < -0.3 is 59.7 Å². The maximum atomic E-state index is 14.4. The number of nitrogens with one attached hydrogen (secondary N) is 1. The van der Waals surface area contributed by atoms with Gasteiger partial charge in [0.25, 0.3) is 11.7 Å². The molecule has 9 atom stereocenters. The first-order chi connectivity index (χ1) is 28.3. The molecule has 16 heteroatoms. The second kappa shape index (κ2) is 20.4. The number of aliphatic hydroxyl groups excluding tert-OH is 3. The Morgan fingerprint density at radius 1 is 0.933 bits per heavy atom. The van der Waals surface area contributed by atoms with E-state index >= 15 is 0 Å². The molecular formula is C44H60N2O14. The number of fused-ring (bicyclic) bond motifs is 14. The number of methoxy groups -OCH3 is 1. The number of phenols is 3. The van der Waals surface area contributed by atoms with Gasteiger partial charge in [-0.25, -0.2) is 0 Å². The van der Waals surface area contributed by atoms with Gasteiger partial charge in [-0.05, 0) is 39.2 Å². The molecule has 16 nitrogen and oxygen atoms in total. The number of rotatable bonds is 10. The maximum Gasteiger partial charge on any atom is 0.312 e. The topological polar surface area (TPSA) is 243 Å². The third kappa shape index (κ3) is 10.1. The van der Waals surface area contributed by atoms with Crippen molar-refractivity contribution in [1.29, 1.82) is 0 Å². The van der Waals surface area contributed by atoms with Crippen LogP contribution in [0.3, 0.4) is 0 Å². The van der Waals surface area contributed by atoms with Gasteiger partial charge in [0.1, 0.15) is 30.0 Å². The standard InChI is InChI=1S/C44H60N2O14/c1-22-15-14-16-23(2)43(55)46-34-29(21-45-58-19-13-11-10-12-18-47)38(52)31-32(39(34)53)37(51)27(6)41-33(31)42(54)44(8,60-41)57-20-17-30(56-9)24(3)40(59-28(7)48)26(5)36(50)25(4)35(22)49/h14-17,20-22,24-26,30,35-36,40,47,49-53H,10-13,18-19H2,1-9H3,(H,46,55)/b15-14-,20-17?,23-16-,45-21+/t22-,24+,25+,26+,30-,35-,36+,40+,44-/m0/s1. The van der Waals surface area contributed by atoms with Gasteiger partial charge in [-0.1, -0.05) is 57.5 Å². The molecule has 60 heavy (non-hydrogen) atoms. The molecule has 3 heterocycles. The third-order valence-electron chi connectivity index (χ3n) is 11.4. The molecule has 0 fully saturated rings. The summed E-state index contributed by atoms with van der Waals surface area (Å²) in [5.41, 5.74) is -0.664. The first-order valence-corrected chi connectivity index (χ1v) is 20.2. The van der Waals surface area contributed by atoms with E-state index in [1.54, 1.807) is 39.8 Å². The van der Waals surface area contributed by atoms with Crippen molar-refractivity contribution in [1.82, 2.24) is 0 Å². The second-order valence-corrected chi connectivity index (χ2v) is 15.8. The van der Waals surface area contributed by atoms with E-state index < -0.39 is 88.8 Å². The lowest BCUT2D eigenvalue weighted by molar-refractivity contribution is -0.160. The quantitative estimate of drug-likeness (QED) is 0.0382. The van der Waals surface area contributed by atoms with E-state index in [1.165, 1.54) is 53.2 Å². The number of oxime groups is 1. The van der Waals surface area contributed by atoms with Crippen LogP contribution in [0.5, 0.6) is 23.0 Å². The lowest BCUT2D eigenvalue weighted by Gasteiger charge is -2.38. The van der Waals surface area contributed by atoms with E-state index in [0.717, 1.165) is 19.1 Å². The van der Waals surface area contributed by atoms with Crippen molar-refractivity contribution >= 4 is 40.3 Å². The molecule has 0 radical (unpaired) electrons. The van der Waals surface area contributed by atoms with Gasteiger partial charge in [-0.15, -0.1) is 0 Å². The van der Waals surface area contributed by atoms with Crippen LogP contribution in [-0.4, -0.2) is 105 Å². The number of unbranched alkanes of at least 4 members (excludes halogenated alkanes) is 3. The molecular weight excluding hydrogens is 780 g/mol. The van der Waals surface area contributed by atoms with E-state index in [4.69, 9.17) is 28.9 Å². The molecule has 2 aromatic carbocycles. The van der Waals surface area contributed by atoms with Crippen molar-refractivity contribution in [3.8, 4) is 23.0 Å². The number of carbonyl (C=O) groups is 3. The van der Waals surface area contributed by atoms with Crippen LogP contribution in [0.25, 0.3) is 10.8 Å². The molecule has 0 saturated heterocycles. The van der Waals surface area contributed by atoms with Crippen molar-refractivity contribution in [2.45, 2.75) is 111 Å². The number of anilines is 1. The van der Waals surface area contributed by atoms with Gasteiger partial charge in [-0.2, -0.15) is 0 Å². The summed E-state index contributed by atoms with van der Waals surface area (Å²) in [7, 11) is 1.42. The Morgan fingerprint density at radius 3 is 2.27 bits per heavy atom. The van der Waals surface area contributed by atoms with E-state index in [-0.39, 0.29) is 57.7 Å². The van der Waals surface area contributed by atoms with Crippen LogP contribution >= 0.6 is 0 Å². The number of esters is 1. The van der Waals surface area contributed by atoms with Crippen LogP contribution < -0.4 is 10.1 Å². The summed E-state index contributed by atoms with van der Waals surface area (Å²) in [5, 5.41) is 73.1. The summed E-state index contributed by atoms with van der Waals surface area (Å²) in [5.74, 6) is -8.74. The van der Waals surface area contributed by atoms with Crippen LogP contribution in [0.1, 0.15) is 95.6 Å². The SMILES string of the molecule is CO[C@H]1C=CO[C@@]2(C)Oc3c(C)c(O)c4c(O)c(c(/C=N/OCCCCCCO)c(O)c4c3C2=O)NC(=O)/C(C)=C\C=C/[C@H](C)[C@H](O)[C@@H](C)[C@@H](O)[C@@H](C)[C@H](OC(C)=O)[C@@H]1C. The fourth-order valence-corrected chi connectivity index (χ4v) is 7.65. The fourth-order valence-electron chi connectivity index (χ4n) is 7.65. The van der Waals surface area contributed by atoms with E-state index in [0.29, 0.717) is 12.8 Å². The molecule has 0 saturated carbocycles. The van der Waals surface area contributed by atoms with Gasteiger partial charge in [-0.3, -0.25) is 14.4 Å². The Balaban J connectivity index is 1.92. The lowest BCUT2D eigenvalue weighted by atomic mass is 9.78. The molecule has 3 aliphatic heterocycles. The number of amides is 1. The Morgan fingerprint density at radius 2 is 1.62 bits per heavy atom. The Bertz CT molecular complexity index is 2030. The fraction of sp³-hybridized carbons (Fsp3) is 0.545. The molecule has 2 aromatic rings. The highest BCUT2D eigenvalue weighted by molar-refractivity contribution is 6.23. The number of hydrogen-bond donors (Lipinski definition) is 7. The molecule has 0 aromatic heterocycles. The second-order valence-electron chi connectivity index (χ2n) is 15.8. The summed E-state index contributed by atoms with van der Waals surface area (Å²) in [6, 6.07) is 0. The zero-order valence-corrected chi connectivity index (χ0v) is 35.7. The minimum absolute atomic E-state index is 0.0255. The van der Waals surface area contributed by atoms with Gasteiger partial charge in [0.2, 0.25) is 0 Å². The van der Waals surface area contributed by atoms with Crippen molar-refractivity contribution in [3.63, 3.8) is 0 Å². The van der Waals surface area contributed by atoms with Crippen LogP contribution in [0, 0.1) is 30.6 Å². The number of allylic oxidation sites excluding steroid dienone is 2. The summed E-state index contributed by atoms with van der Waals surface area (Å²) >= 11 is 0. The summed E-state index contributed by atoms with van der Waals surface area (Å²) < 4.78 is 23.5. The third-order valence-corrected chi connectivity index (χ3v) is 11.4. The van der Waals surface area contributed by atoms with E-state index in [1.807, 2.05) is 0 Å². The number of nitrogens with zero attached hydrogens (tertiary/aromatic N) is 1. The monoisotopic (exact) mass is 840 g/mol. The normalized spacial score (nSPS) is 29.2. The Labute approximate surface area is 350 Å². The highest BCUT2D eigenvalue weighted by Gasteiger charge is 2.50. The number of hydrogen-bond acceptors (Lipinski definition) is 15. The zero-order chi connectivity index (χ0) is 44.6. The number of aromatic hydroxyl groups is 3. The predicted molar refractivity (Wildman–Crippen MR) is 223 cm³/mol. The lowest BCUT2D eigenvalue weighted by Crippen LogP contribution is -2.46. The summed E-state index contributed by atoms with van der Waals surface area (Å²) in [4.78, 5) is 45.8. The van der Waals surface area contributed by atoms with E-state index in [9.17, 15) is 39.9 Å². The maximum absolute atomic E-state index is 14.4. The molecule has 1 amide bonds. The minimum Gasteiger partial charge on any atom is -0.507 e. The smallest absolute Gasteiger partial charge is 0.312 e. The Kier molecular flexibility index (Phi) is 16.2. The molecule has 0 unspecified atom stereocenters. The van der Waals surface area contributed by atoms with Crippen molar-refractivity contribution in [3.05, 3.63) is 52.8 Å². The number of carbonyl (C=O) groups excluding carboxylic acids is 3. The molecule has 330 valence electrons. The zero-order valence-electron chi connectivity index (χ0n) is 35.7. The van der Waals surface area contributed by atoms with Gasteiger partial charge in [0, 0.05) is 67.8 Å². The van der Waals surface area contributed by atoms with Crippen molar-refractivity contribution in [2.75, 3.05) is 25.6 Å². The average Bonchev–Trinajstić information content (AvgIpc) is 3.47. The van der Waals surface area contributed by atoms with Crippen LogP contribution in [-0.2, 0) is 28.6 Å². The largest absolute Gasteiger partial charge is 0.507 e. The average molecular weight is 841 g/mol. The number of ketones is 1. The van der Waals surface area contributed by atoms with Crippen molar-refractivity contribution < 1.29 is 68.8 Å². The number of aliphatic hydroxyl groups is 3. The van der Waals surface area contributed by atoms with Gasteiger partial charge in [0.05, 0.1) is 53.0 Å². The first kappa shape index (κ1) is 47.5. The number of Topliss-reactive ketones (excluding diaryl/α,β-unsaturated/α-hetero) is 1. The highest BCUT2D eigenvalue weighted by atomic mass is 16.7. The number of phenolic OH excluding ortho intramolecular Hbond substituents is 3. The van der Waals surface area contributed by atoms with Gasteiger partial charge in [0.15, 0.2) is 5.75 Å². The molecule has 7 N–H and O–H groups in total. The predicted octanol–water partition coefficient (Wildman–Crippen LogP) is 5.66. The van der Waals surface area contributed by atoms with Crippen LogP contribution in [0.15, 0.2) is 41.3 Å². The number of benzene rings is 2. The first-order valence-electron chi connectivity index (χ1n) is 20.2. The van der Waals surface area contributed by atoms with E-state index in [2.05, 4.69) is 10.5 Å². The molecule has 5 rings (SSSR count). The molecule has 0 spiro atoms. The highest BCUT2D eigenvalue weighted by Crippen LogP contribution is 2.55. The summed E-state index contributed by atoms with van der Waals surface area (Å²) in [6.45, 7) is 12.6. The molecule has 5 bridgehead atoms. The molecule has 3 aliphatic rings.